The van der Waals surface area contributed by atoms with Crippen LogP contribution in [0.5, 0.6) is 11.5 Å². The molecule has 2 saturated carbocycles. The van der Waals surface area contributed by atoms with E-state index in [2.05, 4.69) is 27.7 Å². The number of hydrogen-bond acceptors (Lipinski definition) is 3. The summed E-state index contributed by atoms with van der Waals surface area (Å²) in [6.07, 6.45) is 5.76. The van der Waals surface area contributed by atoms with Crippen LogP contribution in [0.15, 0.2) is 18.2 Å². The van der Waals surface area contributed by atoms with E-state index in [4.69, 9.17) is 0 Å². The zero-order valence-corrected chi connectivity index (χ0v) is 15.3. The number of Topliss-reactive ketones (excluding diaryl/α,β-unsaturated/α-hetero) is 1. The highest BCUT2D eigenvalue weighted by atomic mass is 16.3. The van der Waals surface area contributed by atoms with Crippen molar-refractivity contribution < 1.29 is 15.0 Å². The number of phenolic OH excluding ortho intramolecular Hbond substituents is 2. The molecular formula is C21H30O3. The summed E-state index contributed by atoms with van der Waals surface area (Å²) in [4.78, 5) is 13.4. The van der Waals surface area contributed by atoms with Crippen LogP contribution in [0.4, 0.5) is 0 Å². The van der Waals surface area contributed by atoms with Crippen LogP contribution in [-0.2, 0) is 0 Å². The van der Waals surface area contributed by atoms with Gasteiger partial charge in [-0.3, -0.25) is 4.79 Å². The fourth-order valence-electron chi connectivity index (χ4n) is 5.98. The highest BCUT2D eigenvalue weighted by Crippen LogP contribution is 2.61. The number of fused-ring (bicyclic) bond motifs is 1. The topological polar surface area (TPSA) is 57.5 Å². The molecule has 3 heteroatoms. The van der Waals surface area contributed by atoms with Gasteiger partial charge in [-0.2, -0.15) is 0 Å². The van der Waals surface area contributed by atoms with Gasteiger partial charge in [-0.15, -0.1) is 0 Å². The Hall–Kier alpha value is -1.51. The van der Waals surface area contributed by atoms with Gasteiger partial charge in [0.2, 0.25) is 0 Å². The molecule has 3 rings (SSSR count). The molecule has 0 heterocycles. The molecule has 0 radical (unpaired) electrons. The normalized spacial score (nSPS) is 35.2. The number of carbonyl (C=O) groups excluding carboxylic acids is 1. The smallest absolute Gasteiger partial charge is 0.167 e. The molecule has 0 amide bonds. The largest absolute Gasteiger partial charge is 0.508 e. The van der Waals surface area contributed by atoms with E-state index >= 15 is 0 Å². The molecule has 0 unspecified atom stereocenters. The Balaban J connectivity index is 2.02. The summed E-state index contributed by atoms with van der Waals surface area (Å²) in [5.74, 6) is 0.822. The van der Waals surface area contributed by atoms with Crippen LogP contribution in [0.25, 0.3) is 0 Å². The minimum absolute atomic E-state index is 0.00240. The lowest BCUT2D eigenvalue weighted by Crippen LogP contribution is -2.53. The zero-order valence-electron chi connectivity index (χ0n) is 15.3. The molecule has 0 aromatic heterocycles. The Morgan fingerprint density at radius 1 is 1.04 bits per heavy atom. The first-order valence-electron chi connectivity index (χ1n) is 9.22. The second kappa shape index (κ2) is 5.79. The quantitative estimate of drug-likeness (QED) is 0.736. The third-order valence-corrected chi connectivity index (χ3v) is 6.94. The van der Waals surface area contributed by atoms with E-state index in [-0.39, 0.29) is 34.0 Å². The van der Waals surface area contributed by atoms with Gasteiger partial charge < -0.3 is 10.2 Å². The van der Waals surface area contributed by atoms with Crippen LogP contribution in [0.2, 0.25) is 0 Å². The van der Waals surface area contributed by atoms with E-state index in [0.717, 1.165) is 12.8 Å². The number of ketones is 1. The molecule has 0 spiro atoms. The van der Waals surface area contributed by atoms with Crippen LogP contribution in [0.3, 0.4) is 0 Å². The monoisotopic (exact) mass is 330 g/mol. The molecule has 0 bridgehead atoms. The summed E-state index contributed by atoms with van der Waals surface area (Å²) in [5.41, 5.74) is 0.708. The minimum Gasteiger partial charge on any atom is -0.508 e. The number of rotatable bonds is 2. The number of hydrogen-bond donors (Lipinski definition) is 2. The minimum atomic E-state index is -0.0486. The van der Waals surface area contributed by atoms with Crippen molar-refractivity contribution in [3.63, 3.8) is 0 Å². The third kappa shape index (κ3) is 2.72. The van der Waals surface area contributed by atoms with Crippen LogP contribution in [0.1, 0.15) is 70.2 Å². The average molecular weight is 330 g/mol. The van der Waals surface area contributed by atoms with E-state index in [1.165, 1.54) is 37.5 Å². The predicted molar refractivity (Wildman–Crippen MR) is 95.2 cm³/mol. The summed E-state index contributed by atoms with van der Waals surface area (Å²) in [5, 5.41) is 19.5. The third-order valence-electron chi connectivity index (χ3n) is 6.94. The van der Waals surface area contributed by atoms with Crippen molar-refractivity contribution in [3.05, 3.63) is 23.8 Å². The molecule has 2 aliphatic rings. The standard InChI is InChI=1S/C21H30O3/c1-13-6-7-17-20(2,3)8-5-9-21(17,4)18(13)19(24)14-10-15(22)12-16(23)11-14/h10-13,17-18,22-23H,5-9H2,1-4H3/t13-,17+,18-,21+/m1/s1. The predicted octanol–water partition coefficient (Wildman–Crippen LogP) is 5.16. The molecule has 4 atom stereocenters. The molecule has 1 aromatic carbocycles. The maximum Gasteiger partial charge on any atom is 0.167 e. The van der Waals surface area contributed by atoms with Gasteiger partial charge in [-0.1, -0.05) is 34.1 Å². The Bertz CT molecular complexity index is 628. The summed E-state index contributed by atoms with van der Waals surface area (Å²) in [6.45, 7) is 9.20. The molecule has 2 fully saturated rings. The van der Waals surface area contributed by atoms with Gasteiger partial charge in [-0.05, 0) is 60.5 Å². The van der Waals surface area contributed by atoms with Crippen molar-refractivity contribution in [1.29, 1.82) is 0 Å². The van der Waals surface area contributed by atoms with Crippen molar-refractivity contribution in [1.82, 2.24) is 0 Å². The molecule has 2 N–H and O–H groups in total. The first kappa shape index (κ1) is 17.3. The van der Waals surface area contributed by atoms with Gasteiger partial charge in [0.05, 0.1) is 0 Å². The lowest BCUT2D eigenvalue weighted by Gasteiger charge is -2.58. The average Bonchev–Trinajstić information content (AvgIpc) is 2.44. The van der Waals surface area contributed by atoms with E-state index in [1.54, 1.807) is 0 Å². The molecule has 3 nitrogen and oxygen atoms in total. The van der Waals surface area contributed by atoms with E-state index in [1.807, 2.05) is 0 Å². The molecular weight excluding hydrogens is 300 g/mol. The maximum absolute atomic E-state index is 13.4. The lowest BCUT2D eigenvalue weighted by molar-refractivity contribution is -0.0796. The first-order valence-corrected chi connectivity index (χ1v) is 9.22. The highest BCUT2D eigenvalue weighted by molar-refractivity contribution is 5.99. The molecule has 0 aliphatic heterocycles. The summed E-state index contributed by atoms with van der Waals surface area (Å²) in [7, 11) is 0. The van der Waals surface area contributed by atoms with Crippen LogP contribution < -0.4 is 0 Å². The first-order chi connectivity index (χ1) is 11.1. The van der Waals surface area contributed by atoms with Crippen LogP contribution >= 0.6 is 0 Å². The number of benzene rings is 1. The van der Waals surface area contributed by atoms with Gasteiger partial charge in [0.1, 0.15) is 11.5 Å². The van der Waals surface area contributed by atoms with E-state index < -0.39 is 0 Å². The van der Waals surface area contributed by atoms with E-state index in [9.17, 15) is 15.0 Å². The van der Waals surface area contributed by atoms with Gasteiger partial charge in [-0.25, -0.2) is 0 Å². The van der Waals surface area contributed by atoms with Crippen molar-refractivity contribution in [2.75, 3.05) is 0 Å². The SMILES string of the molecule is C[C@@H]1CC[C@H]2C(C)(C)CCC[C@]2(C)[C@H]1C(=O)c1cc(O)cc(O)c1. The lowest BCUT2D eigenvalue weighted by atomic mass is 9.46. The van der Waals surface area contributed by atoms with Gasteiger partial charge in [0.25, 0.3) is 0 Å². The number of carbonyl (C=O) groups is 1. The Morgan fingerprint density at radius 2 is 1.67 bits per heavy atom. The van der Waals surface area contributed by atoms with Gasteiger partial charge in [0, 0.05) is 17.5 Å². The van der Waals surface area contributed by atoms with Crippen LogP contribution in [-0.4, -0.2) is 16.0 Å². The fourth-order valence-corrected chi connectivity index (χ4v) is 5.98. The Morgan fingerprint density at radius 3 is 2.29 bits per heavy atom. The second-order valence-electron chi connectivity index (χ2n) is 9.04. The highest BCUT2D eigenvalue weighted by Gasteiger charge is 2.55. The van der Waals surface area contributed by atoms with Crippen LogP contribution in [0, 0.1) is 28.6 Å². The fraction of sp³-hybridized carbons (Fsp3) is 0.667. The zero-order chi connectivity index (χ0) is 17.7. The van der Waals surface area contributed by atoms with E-state index in [0.29, 0.717) is 17.4 Å². The number of phenols is 2. The molecule has 24 heavy (non-hydrogen) atoms. The van der Waals surface area contributed by atoms with Crippen molar-refractivity contribution >= 4 is 5.78 Å². The number of aromatic hydroxyl groups is 2. The van der Waals surface area contributed by atoms with Gasteiger partial charge in [0.15, 0.2) is 5.78 Å². The van der Waals surface area contributed by atoms with Crippen molar-refractivity contribution in [3.8, 4) is 11.5 Å². The molecule has 0 saturated heterocycles. The molecule has 1 aromatic rings. The Kier molecular flexibility index (Phi) is 4.17. The van der Waals surface area contributed by atoms with Gasteiger partial charge >= 0.3 is 0 Å². The van der Waals surface area contributed by atoms with Crippen molar-refractivity contribution in [2.45, 2.75) is 59.8 Å². The maximum atomic E-state index is 13.4. The molecule has 2 aliphatic carbocycles. The summed E-state index contributed by atoms with van der Waals surface area (Å²) >= 11 is 0. The summed E-state index contributed by atoms with van der Waals surface area (Å²) in [6, 6.07) is 4.26. The summed E-state index contributed by atoms with van der Waals surface area (Å²) < 4.78 is 0. The second-order valence-corrected chi connectivity index (χ2v) is 9.04. The van der Waals surface area contributed by atoms with Crippen molar-refractivity contribution in [2.24, 2.45) is 28.6 Å². The molecule has 132 valence electrons. The Labute approximate surface area is 145 Å².